The number of nitrogens with zero attached hydrogens (tertiary/aromatic N) is 1. The fraction of sp³-hybridized carbons (Fsp3) is 0.429. The summed E-state index contributed by atoms with van der Waals surface area (Å²) in [6, 6.07) is 21.4. The summed E-state index contributed by atoms with van der Waals surface area (Å²) in [5.74, 6) is -0.341. The first-order chi connectivity index (χ1) is 21.3. The number of likely N-dealkylation sites (tertiary alicyclic amines) is 1. The summed E-state index contributed by atoms with van der Waals surface area (Å²) in [6.07, 6.45) is 1.97. The highest BCUT2D eigenvalue weighted by atomic mass is 35.5. The van der Waals surface area contributed by atoms with Crippen molar-refractivity contribution in [3.05, 3.63) is 94.0 Å². The Morgan fingerprint density at radius 3 is 2.57 bits per heavy atom. The second-order valence-electron chi connectivity index (χ2n) is 11.4. The van der Waals surface area contributed by atoms with Crippen LogP contribution in [0.1, 0.15) is 59.7 Å². The first kappa shape index (κ1) is 33.5. The number of nitrogens with one attached hydrogen (secondary N) is 2. The zero-order valence-corrected chi connectivity index (χ0v) is 26.4. The van der Waals surface area contributed by atoms with Crippen molar-refractivity contribution in [2.75, 3.05) is 39.9 Å². The molecule has 0 aliphatic carbocycles. The van der Waals surface area contributed by atoms with Crippen molar-refractivity contribution in [1.82, 2.24) is 15.5 Å². The second kappa shape index (κ2) is 16.0. The van der Waals surface area contributed by atoms with Gasteiger partial charge in [-0.15, -0.1) is 0 Å². The van der Waals surface area contributed by atoms with E-state index in [0.717, 1.165) is 48.1 Å². The van der Waals surface area contributed by atoms with E-state index in [1.165, 1.54) is 0 Å². The molecular weight excluding hydrogens is 578 g/mol. The van der Waals surface area contributed by atoms with Gasteiger partial charge in [0, 0.05) is 61.9 Å². The van der Waals surface area contributed by atoms with Crippen LogP contribution in [-0.2, 0) is 23.3 Å². The van der Waals surface area contributed by atoms with Crippen molar-refractivity contribution in [3.8, 4) is 11.1 Å². The van der Waals surface area contributed by atoms with Crippen molar-refractivity contribution < 1.29 is 24.5 Å². The molecule has 3 aromatic rings. The third kappa shape index (κ3) is 8.39. The van der Waals surface area contributed by atoms with Gasteiger partial charge < -0.3 is 30.5 Å². The fourth-order valence-electron chi connectivity index (χ4n) is 6.14. The normalized spacial score (nSPS) is 16.4. The number of ether oxygens (including phenoxy) is 1. The van der Waals surface area contributed by atoms with Crippen molar-refractivity contribution >= 4 is 23.6 Å². The SMILES string of the molecule is CCc1cccc(-c2c(Cl)cccc2[C@](O)(CCCNC(=O)O)[C@@H]2CCCN(C(=O)c3ccc(CNCCOC)cc3)C2)c1. The van der Waals surface area contributed by atoms with Gasteiger partial charge in [-0.25, -0.2) is 4.79 Å². The minimum absolute atomic E-state index is 0.0644. The molecule has 4 rings (SSSR count). The van der Waals surface area contributed by atoms with Gasteiger partial charge in [-0.05, 0) is 72.6 Å². The molecule has 8 nitrogen and oxygen atoms in total. The summed E-state index contributed by atoms with van der Waals surface area (Å²) in [5.41, 5.74) is 3.91. The average molecular weight is 622 g/mol. The Bertz CT molecular complexity index is 1400. The van der Waals surface area contributed by atoms with E-state index in [1.807, 2.05) is 59.5 Å². The molecular formula is C35H44ClN3O5. The molecule has 0 unspecified atom stereocenters. The molecule has 2 amide bonds. The maximum absolute atomic E-state index is 13.7. The molecule has 1 aliphatic rings. The van der Waals surface area contributed by atoms with Gasteiger partial charge in [0.2, 0.25) is 0 Å². The van der Waals surface area contributed by atoms with Gasteiger partial charge in [0.05, 0.1) is 12.2 Å². The number of carbonyl (C=O) groups is 2. The largest absolute Gasteiger partial charge is 0.465 e. The second-order valence-corrected chi connectivity index (χ2v) is 11.8. The van der Waals surface area contributed by atoms with E-state index in [-0.39, 0.29) is 18.4 Å². The van der Waals surface area contributed by atoms with Gasteiger partial charge in [-0.1, -0.05) is 67.1 Å². The minimum Gasteiger partial charge on any atom is -0.465 e. The topological polar surface area (TPSA) is 111 Å². The predicted octanol–water partition coefficient (Wildman–Crippen LogP) is 6.09. The third-order valence-corrected chi connectivity index (χ3v) is 8.83. The minimum atomic E-state index is -1.35. The number of aryl methyl sites for hydroxylation is 1. The first-order valence-electron chi connectivity index (χ1n) is 15.4. The lowest BCUT2D eigenvalue weighted by Gasteiger charge is -2.44. The molecule has 0 aromatic heterocycles. The summed E-state index contributed by atoms with van der Waals surface area (Å²) in [4.78, 5) is 26.7. The third-order valence-electron chi connectivity index (χ3n) is 8.51. The highest BCUT2D eigenvalue weighted by Crippen LogP contribution is 2.45. The average Bonchev–Trinajstić information content (AvgIpc) is 3.05. The van der Waals surface area contributed by atoms with Gasteiger partial charge in [-0.2, -0.15) is 0 Å². The lowest BCUT2D eigenvalue weighted by molar-refractivity contribution is -0.0563. The van der Waals surface area contributed by atoms with E-state index >= 15 is 0 Å². The van der Waals surface area contributed by atoms with Crippen LogP contribution in [0.2, 0.25) is 5.02 Å². The van der Waals surface area contributed by atoms with Gasteiger partial charge in [0.15, 0.2) is 0 Å². The van der Waals surface area contributed by atoms with Crippen LogP contribution in [0.25, 0.3) is 11.1 Å². The molecule has 4 N–H and O–H groups in total. The maximum atomic E-state index is 13.7. The van der Waals surface area contributed by atoms with Crippen LogP contribution in [0.15, 0.2) is 66.7 Å². The molecule has 236 valence electrons. The van der Waals surface area contributed by atoms with Gasteiger partial charge >= 0.3 is 6.09 Å². The van der Waals surface area contributed by atoms with Gasteiger partial charge in [-0.3, -0.25) is 4.79 Å². The summed E-state index contributed by atoms with van der Waals surface area (Å²) in [6.45, 7) is 5.37. The van der Waals surface area contributed by atoms with E-state index in [2.05, 4.69) is 29.7 Å². The molecule has 1 saturated heterocycles. The van der Waals surface area contributed by atoms with Crippen LogP contribution >= 0.6 is 11.6 Å². The number of amides is 2. The number of benzene rings is 3. The van der Waals surface area contributed by atoms with E-state index in [4.69, 9.17) is 21.4 Å². The molecule has 0 saturated carbocycles. The summed E-state index contributed by atoms with van der Waals surface area (Å²) in [5, 5.41) is 28.1. The highest BCUT2D eigenvalue weighted by Gasteiger charge is 2.43. The zero-order chi connectivity index (χ0) is 31.5. The van der Waals surface area contributed by atoms with Crippen LogP contribution in [0.3, 0.4) is 0 Å². The number of aliphatic hydroxyl groups is 1. The molecule has 44 heavy (non-hydrogen) atoms. The lowest BCUT2D eigenvalue weighted by Crippen LogP contribution is -2.48. The predicted molar refractivity (Wildman–Crippen MR) is 174 cm³/mol. The summed E-state index contributed by atoms with van der Waals surface area (Å²) in [7, 11) is 1.67. The van der Waals surface area contributed by atoms with E-state index in [0.29, 0.717) is 55.2 Å². The molecule has 1 aliphatic heterocycles. The van der Waals surface area contributed by atoms with Crippen LogP contribution in [0.5, 0.6) is 0 Å². The van der Waals surface area contributed by atoms with Crippen LogP contribution in [0, 0.1) is 5.92 Å². The quantitative estimate of drug-likeness (QED) is 0.162. The summed E-state index contributed by atoms with van der Waals surface area (Å²) >= 11 is 6.85. The number of hydrogen-bond acceptors (Lipinski definition) is 5. The Hall–Kier alpha value is -3.43. The van der Waals surface area contributed by atoms with Crippen molar-refractivity contribution in [2.45, 2.75) is 51.2 Å². The standard InChI is InChI=1S/C35H44ClN3O5/c1-3-25-8-4-9-28(22-25)32-30(11-5-12-31(32)36)35(43,17-7-18-38-34(41)42)29-10-6-20-39(24-29)33(40)27-15-13-26(14-16-27)23-37-19-21-44-2/h4-5,8-9,11-16,22,29,37-38,43H,3,6-7,10,17-21,23-24H2,1-2H3,(H,41,42)/t29-,35+/m1/s1. The lowest BCUT2D eigenvalue weighted by atomic mass is 9.72. The van der Waals surface area contributed by atoms with Crippen molar-refractivity contribution in [3.63, 3.8) is 0 Å². The first-order valence-corrected chi connectivity index (χ1v) is 15.8. The molecule has 0 radical (unpaired) electrons. The number of carboxylic acid groups (broad SMARTS) is 1. The molecule has 2 atom stereocenters. The van der Waals surface area contributed by atoms with E-state index < -0.39 is 11.7 Å². The summed E-state index contributed by atoms with van der Waals surface area (Å²) < 4.78 is 5.08. The molecule has 0 bridgehead atoms. The van der Waals surface area contributed by atoms with Gasteiger partial charge in [0.1, 0.15) is 0 Å². The molecule has 1 fully saturated rings. The van der Waals surface area contributed by atoms with Crippen LogP contribution < -0.4 is 10.6 Å². The number of carbonyl (C=O) groups excluding carboxylic acids is 1. The zero-order valence-electron chi connectivity index (χ0n) is 25.7. The molecule has 0 spiro atoms. The maximum Gasteiger partial charge on any atom is 0.404 e. The van der Waals surface area contributed by atoms with Crippen LogP contribution in [0.4, 0.5) is 4.79 Å². The molecule has 9 heteroatoms. The number of rotatable bonds is 14. The molecule has 1 heterocycles. The Morgan fingerprint density at radius 1 is 1.07 bits per heavy atom. The smallest absolute Gasteiger partial charge is 0.404 e. The van der Waals surface area contributed by atoms with E-state index in [1.54, 1.807) is 7.11 Å². The fourth-order valence-corrected chi connectivity index (χ4v) is 6.43. The Morgan fingerprint density at radius 2 is 1.84 bits per heavy atom. The Labute approximate surface area is 265 Å². The monoisotopic (exact) mass is 621 g/mol. The number of methoxy groups -OCH3 is 1. The van der Waals surface area contributed by atoms with Crippen molar-refractivity contribution in [2.24, 2.45) is 5.92 Å². The van der Waals surface area contributed by atoms with Gasteiger partial charge in [0.25, 0.3) is 5.91 Å². The van der Waals surface area contributed by atoms with Crippen LogP contribution in [-0.4, -0.2) is 67.0 Å². The molecule has 3 aromatic carbocycles. The van der Waals surface area contributed by atoms with Crippen molar-refractivity contribution in [1.29, 1.82) is 0 Å². The Kier molecular flexibility index (Phi) is 12.2. The highest BCUT2D eigenvalue weighted by molar-refractivity contribution is 6.33. The number of halogens is 1. The Balaban J connectivity index is 1.62. The van der Waals surface area contributed by atoms with E-state index in [9.17, 15) is 14.7 Å². The number of piperidine rings is 1. The number of hydrogen-bond donors (Lipinski definition) is 4.